The van der Waals surface area contributed by atoms with Gasteiger partial charge in [-0.05, 0) is 25.0 Å². The van der Waals surface area contributed by atoms with Crippen LogP contribution in [0.3, 0.4) is 0 Å². The van der Waals surface area contributed by atoms with Gasteiger partial charge in [0.1, 0.15) is 11.4 Å². The maximum absolute atomic E-state index is 11.2. The minimum absolute atomic E-state index is 0.0832. The first-order valence-corrected chi connectivity index (χ1v) is 7.71. The lowest BCUT2D eigenvalue weighted by molar-refractivity contribution is -0.418. The average molecular weight is 286 g/mol. The molecular formula is C12H22N4O2S. The number of thioether (sulfide) groups is 1. The van der Waals surface area contributed by atoms with Crippen LogP contribution >= 0.6 is 11.8 Å². The zero-order chi connectivity index (χ0) is 14.4. The third kappa shape index (κ3) is 3.70. The van der Waals surface area contributed by atoms with Crippen molar-refractivity contribution >= 4 is 17.5 Å². The molecule has 0 aliphatic carbocycles. The Morgan fingerprint density at radius 1 is 1.42 bits per heavy atom. The van der Waals surface area contributed by atoms with Gasteiger partial charge < -0.3 is 0 Å². The highest BCUT2D eigenvalue weighted by Gasteiger charge is 2.34. The predicted octanol–water partition coefficient (Wildman–Crippen LogP) is 2.74. The highest BCUT2D eigenvalue weighted by molar-refractivity contribution is 7.99. The van der Waals surface area contributed by atoms with Gasteiger partial charge in [0.25, 0.3) is 0 Å². The Labute approximate surface area is 118 Å². The summed E-state index contributed by atoms with van der Waals surface area (Å²) in [5.41, 5.74) is 0.975. The molecule has 0 saturated heterocycles. The fourth-order valence-corrected chi connectivity index (χ4v) is 3.10. The van der Waals surface area contributed by atoms with Crippen molar-refractivity contribution in [3.8, 4) is 0 Å². The third-order valence-electron chi connectivity index (χ3n) is 2.98. The smallest absolute Gasteiger partial charge is 0.275 e. The summed E-state index contributed by atoms with van der Waals surface area (Å²) in [5.74, 6) is 6.96. The van der Waals surface area contributed by atoms with Crippen LogP contribution in [0.2, 0.25) is 0 Å². The lowest BCUT2D eigenvalue weighted by atomic mass is 10.1. The molecule has 1 aliphatic heterocycles. The Hall–Kier alpha value is -1.08. The summed E-state index contributed by atoms with van der Waals surface area (Å²) in [6.45, 7) is 5.89. The Bertz CT molecular complexity index is 395. The van der Waals surface area contributed by atoms with Crippen molar-refractivity contribution in [2.45, 2.75) is 52.0 Å². The molecule has 1 aliphatic rings. The highest BCUT2D eigenvalue weighted by Crippen LogP contribution is 2.29. The Kier molecular flexibility index (Phi) is 6.30. The molecule has 19 heavy (non-hydrogen) atoms. The normalized spacial score (nSPS) is 19.7. The van der Waals surface area contributed by atoms with Crippen LogP contribution in [0, 0.1) is 10.1 Å². The minimum Gasteiger partial charge on any atom is -0.275 e. The molecule has 108 valence electrons. The second-order valence-corrected chi connectivity index (χ2v) is 5.46. The van der Waals surface area contributed by atoms with Crippen molar-refractivity contribution < 1.29 is 4.92 Å². The maximum atomic E-state index is 11.2. The van der Waals surface area contributed by atoms with Crippen molar-refractivity contribution in [3.05, 3.63) is 21.5 Å². The highest BCUT2D eigenvalue weighted by atomic mass is 32.2. The van der Waals surface area contributed by atoms with Crippen LogP contribution in [0.5, 0.6) is 0 Å². The van der Waals surface area contributed by atoms with Crippen molar-refractivity contribution in [1.82, 2.24) is 5.01 Å². The van der Waals surface area contributed by atoms with E-state index in [4.69, 9.17) is 5.84 Å². The van der Waals surface area contributed by atoms with Gasteiger partial charge in [0.05, 0.1) is 4.92 Å². The number of unbranched alkanes of at least 4 members (excludes halogenated alkanes) is 1. The molecule has 6 nitrogen and oxygen atoms in total. The van der Waals surface area contributed by atoms with Gasteiger partial charge in [0, 0.05) is 0 Å². The number of allylic oxidation sites excluding steroid dienone is 2. The molecule has 0 aromatic rings. The predicted molar refractivity (Wildman–Crippen MR) is 79.2 cm³/mol. The van der Waals surface area contributed by atoms with Gasteiger partial charge in [-0.3, -0.25) is 15.1 Å². The zero-order valence-corrected chi connectivity index (χ0v) is 12.6. The SMILES string of the molecule is CCCCSC1N=C(CC)C([N+](=O)[O-])=C(CC)N1N. The van der Waals surface area contributed by atoms with Crippen LogP contribution in [0.15, 0.2) is 16.4 Å². The molecule has 2 N–H and O–H groups in total. The van der Waals surface area contributed by atoms with E-state index in [9.17, 15) is 10.1 Å². The Morgan fingerprint density at radius 3 is 2.58 bits per heavy atom. The average Bonchev–Trinajstić information content (AvgIpc) is 2.39. The second kappa shape index (κ2) is 7.49. The summed E-state index contributed by atoms with van der Waals surface area (Å²) in [5, 5.41) is 12.6. The molecular weight excluding hydrogens is 264 g/mol. The molecule has 0 spiro atoms. The van der Waals surface area contributed by atoms with Gasteiger partial charge in [-0.1, -0.05) is 27.2 Å². The standard InChI is InChI=1S/C12H22N4O2S/c1-4-7-8-19-12-14-9(5-2)11(16(17)18)10(6-3)15(12)13/h12H,4-8,13H2,1-3H3. The van der Waals surface area contributed by atoms with E-state index in [-0.39, 0.29) is 16.1 Å². The monoisotopic (exact) mass is 286 g/mol. The van der Waals surface area contributed by atoms with E-state index in [1.54, 1.807) is 11.8 Å². The fourth-order valence-electron chi connectivity index (χ4n) is 1.95. The number of nitro groups is 1. The molecule has 1 rings (SSSR count). The summed E-state index contributed by atoms with van der Waals surface area (Å²) in [6, 6.07) is 0. The largest absolute Gasteiger partial charge is 0.310 e. The van der Waals surface area contributed by atoms with Gasteiger partial charge in [-0.15, -0.1) is 11.8 Å². The number of hydrogen-bond donors (Lipinski definition) is 1. The molecule has 0 saturated carbocycles. The van der Waals surface area contributed by atoms with Crippen LogP contribution in [0.4, 0.5) is 0 Å². The summed E-state index contributed by atoms with van der Waals surface area (Å²) in [7, 11) is 0. The number of hydrogen-bond acceptors (Lipinski definition) is 6. The summed E-state index contributed by atoms with van der Waals surface area (Å²) >= 11 is 1.64. The van der Waals surface area contributed by atoms with Crippen molar-refractivity contribution in [2.24, 2.45) is 10.8 Å². The molecule has 0 bridgehead atoms. The molecule has 0 amide bonds. The first-order chi connectivity index (χ1) is 9.06. The van der Waals surface area contributed by atoms with Gasteiger partial charge in [0.15, 0.2) is 5.50 Å². The quantitative estimate of drug-likeness (QED) is 0.336. The number of hydrazine groups is 1. The van der Waals surface area contributed by atoms with Gasteiger partial charge in [0.2, 0.25) is 0 Å². The van der Waals surface area contributed by atoms with E-state index in [1.165, 1.54) is 5.01 Å². The third-order valence-corrected chi connectivity index (χ3v) is 4.13. The summed E-state index contributed by atoms with van der Waals surface area (Å²) in [6.07, 6.45) is 3.31. The lowest BCUT2D eigenvalue weighted by Gasteiger charge is -2.31. The minimum atomic E-state index is -0.367. The van der Waals surface area contributed by atoms with Crippen LogP contribution in [0.25, 0.3) is 0 Å². The molecule has 0 radical (unpaired) electrons. The molecule has 7 heteroatoms. The van der Waals surface area contributed by atoms with E-state index in [2.05, 4.69) is 11.9 Å². The number of aliphatic imine (C=N–C) groups is 1. The fraction of sp³-hybridized carbons (Fsp3) is 0.750. The maximum Gasteiger partial charge on any atom is 0.310 e. The number of rotatable bonds is 7. The van der Waals surface area contributed by atoms with Crippen molar-refractivity contribution in [2.75, 3.05) is 5.75 Å². The van der Waals surface area contributed by atoms with E-state index in [0.717, 1.165) is 18.6 Å². The van der Waals surface area contributed by atoms with Gasteiger partial charge in [-0.25, -0.2) is 10.8 Å². The first kappa shape index (κ1) is 16.0. The second-order valence-electron chi connectivity index (χ2n) is 4.29. The van der Waals surface area contributed by atoms with Crippen LogP contribution in [-0.4, -0.2) is 26.9 Å². The van der Waals surface area contributed by atoms with E-state index in [1.807, 2.05) is 13.8 Å². The van der Waals surface area contributed by atoms with Crippen molar-refractivity contribution in [1.29, 1.82) is 0 Å². The van der Waals surface area contributed by atoms with E-state index in [0.29, 0.717) is 24.3 Å². The molecule has 0 fully saturated rings. The lowest BCUT2D eigenvalue weighted by Crippen LogP contribution is -2.43. The summed E-state index contributed by atoms with van der Waals surface area (Å²) < 4.78 is 0. The van der Waals surface area contributed by atoms with Crippen molar-refractivity contribution in [3.63, 3.8) is 0 Å². The number of nitrogens with zero attached hydrogens (tertiary/aromatic N) is 3. The van der Waals surface area contributed by atoms with Crippen LogP contribution in [-0.2, 0) is 0 Å². The molecule has 0 aromatic heterocycles. The van der Waals surface area contributed by atoms with Crippen LogP contribution < -0.4 is 5.84 Å². The van der Waals surface area contributed by atoms with Gasteiger partial charge in [-0.2, -0.15) is 0 Å². The Morgan fingerprint density at radius 2 is 2.11 bits per heavy atom. The first-order valence-electron chi connectivity index (χ1n) is 6.66. The van der Waals surface area contributed by atoms with E-state index < -0.39 is 0 Å². The Balaban J connectivity index is 2.99. The zero-order valence-electron chi connectivity index (χ0n) is 11.8. The molecule has 1 atom stereocenters. The van der Waals surface area contributed by atoms with Gasteiger partial charge >= 0.3 is 5.70 Å². The number of nitrogens with two attached hydrogens (primary N) is 1. The molecule has 1 unspecified atom stereocenters. The summed E-state index contributed by atoms with van der Waals surface area (Å²) in [4.78, 5) is 15.3. The molecule has 0 aromatic carbocycles. The van der Waals surface area contributed by atoms with E-state index >= 15 is 0 Å². The molecule has 1 heterocycles. The van der Waals surface area contributed by atoms with Crippen LogP contribution in [0.1, 0.15) is 46.5 Å². The topological polar surface area (TPSA) is 84.8 Å².